The van der Waals surface area contributed by atoms with Crippen molar-refractivity contribution >= 4 is 10.8 Å². The van der Waals surface area contributed by atoms with Crippen LogP contribution in [0.3, 0.4) is 0 Å². The van der Waals surface area contributed by atoms with E-state index in [-0.39, 0.29) is 21.1 Å². The van der Waals surface area contributed by atoms with E-state index >= 15 is 4.39 Å². The molecule has 1 aliphatic rings. The molecule has 0 spiro atoms. The fourth-order valence-corrected chi connectivity index (χ4v) is 2.98. The standard InChI is InChI=1S/C17H11FN.Pt/c1-17(18)13-7-3-2-6-12(13)16-15-11(9-10-19-16)5-4-8-14(15)17;/h2-5,7-10H,1H3;/q-1;. The van der Waals surface area contributed by atoms with E-state index < -0.39 is 5.67 Å². The Morgan fingerprint density at radius 2 is 1.90 bits per heavy atom. The summed E-state index contributed by atoms with van der Waals surface area (Å²) in [6.07, 6.45) is 1.77. The molecule has 0 saturated carbocycles. The Kier molecular flexibility index (Phi) is 3.02. The molecule has 0 bridgehead atoms. The molecule has 3 aromatic rings. The van der Waals surface area contributed by atoms with Crippen LogP contribution in [-0.4, -0.2) is 4.98 Å². The average Bonchev–Trinajstić information content (AvgIpc) is 2.45. The predicted octanol–water partition coefficient (Wildman–Crippen LogP) is 4.25. The topological polar surface area (TPSA) is 12.9 Å². The molecular weight excluding hydrogens is 432 g/mol. The zero-order chi connectivity index (χ0) is 13.0. The van der Waals surface area contributed by atoms with E-state index in [1.54, 1.807) is 13.1 Å². The van der Waals surface area contributed by atoms with E-state index in [9.17, 15) is 0 Å². The summed E-state index contributed by atoms with van der Waals surface area (Å²) in [5, 5.41) is 1.93. The number of fused-ring (bicyclic) bond motifs is 2. The molecular formula is C17H11FNPt-. The number of alkyl halides is 1. The summed E-state index contributed by atoms with van der Waals surface area (Å²) in [5.41, 5.74) is 1.45. The van der Waals surface area contributed by atoms with Gasteiger partial charge < -0.3 is 4.98 Å². The van der Waals surface area contributed by atoms with Crippen LogP contribution >= 0.6 is 0 Å². The summed E-state index contributed by atoms with van der Waals surface area (Å²) < 4.78 is 15.3. The minimum Gasteiger partial charge on any atom is -0.304 e. The van der Waals surface area contributed by atoms with Crippen molar-refractivity contribution in [3.8, 4) is 11.3 Å². The summed E-state index contributed by atoms with van der Waals surface area (Å²) in [7, 11) is 0. The second-order valence-electron chi connectivity index (χ2n) is 5.03. The molecule has 1 aromatic heterocycles. The van der Waals surface area contributed by atoms with Crippen molar-refractivity contribution in [3.63, 3.8) is 0 Å². The molecule has 0 radical (unpaired) electrons. The van der Waals surface area contributed by atoms with Crippen LogP contribution in [0.1, 0.15) is 18.1 Å². The van der Waals surface area contributed by atoms with Gasteiger partial charge in [-0.05, 0) is 35.0 Å². The van der Waals surface area contributed by atoms with Crippen LogP contribution in [0, 0.1) is 6.07 Å². The second-order valence-corrected chi connectivity index (χ2v) is 5.03. The number of halogens is 1. The maximum atomic E-state index is 15.3. The minimum atomic E-state index is -1.50. The maximum absolute atomic E-state index is 15.3. The normalized spacial score (nSPS) is 19.3. The number of hydrogen-bond donors (Lipinski definition) is 0. The van der Waals surface area contributed by atoms with Gasteiger partial charge in [-0.1, -0.05) is 23.8 Å². The van der Waals surface area contributed by atoms with Crippen molar-refractivity contribution in [3.05, 3.63) is 65.9 Å². The maximum Gasteiger partial charge on any atom is 0.125 e. The Hall–Kier alpha value is -1.53. The summed E-state index contributed by atoms with van der Waals surface area (Å²) in [6.45, 7) is 1.62. The molecule has 3 heteroatoms. The van der Waals surface area contributed by atoms with Gasteiger partial charge in [0.15, 0.2) is 0 Å². The minimum absolute atomic E-state index is 0. The van der Waals surface area contributed by atoms with Gasteiger partial charge in [0.25, 0.3) is 0 Å². The quantitative estimate of drug-likeness (QED) is 0.474. The molecule has 0 fully saturated rings. The van der Waals surface area contributed by atoms with Gasteiger partial charge in [-0.3, -0.25) is 0 Å². The number of aromatic nitrogens is 1. The first kappa shape index (κ1) is 13.5. The number of hydrogen-bond acceptors (Lipinski definition) is 1. The van der Waals surface area contributed by atoms with Crippen molar-refractivity contribution in [2.75, 3.05) is 0 Å². The second kappa shape index (κ2) is 4.49. The summed E-state index contributed by atoms with van der Waals surface area (Å²) in [5.74, 6) is 0. The molecule has 0 amide bonds. The fourth-order valence-electron chi connectivity index (χ4n) is 2.98. The van der Waals surface area contributed by atoms with Gasteiger partial charge in [0, 0.05) is 27.3 Å². The molecule has 0 saturated heterocycles. The summed E-state index contributed by atoms with van der Waals surface area (Å²) in [6, 6.07) is 16.3. The molecule has 20 heavy (non-hydrogen) atoms. The number of nitrogens with zero attached hydrogens (tertiary/aromatic N) is 1. The fraction of sp³-hybridized carbons (Fsp3) is 0.118. The smallest absolute Gasteiger partial charge is 0.125 e. The number of pyridine rings is 1. The molecule has 1 aliphatic carbocycles. The van der Waals surface area contributed by atoms with Crippen LogP contribution < -0.4 is 0 Å². The molecule has 1 atom stereocenters. The van der Waals surface area contributed by atoms with Crippen molar-refractivity contribution in [2.45, 2.75) is 12.6 Å². The molecule has 1 nitrogen and oxygen atoms in total. The zero-order valence-corrected chi connectivity index (χ0v) is 13.0. The van der Waals surface area contributed by atoms with Crippen LogP contribution in [-0.2, 0) is 26.7 Å². The van der Waals surface area contributed by atoms with Gasteiger partial charge in [-0.15, -0.1) is 29.8 Å². The Morgan fingerprint density at radius 1 is 1.10 bits per heavy atom. The Morgan fingerprint density at radius 3 is 2.75 bits per heavy atom. The molecule has 1 heterocycles. The van der Waals surface area contributed by atoms with Crippen LogP contribution in [0.4, 0.5) is 4.39 Å². The third-order valence-electron chi connectivity index (χ3n) is 3.90. The van der Waals surface area contributed by atoms with Gasteiger partial charge in [-0.25, -0.2) is 4.39 Å². The van der Waals surface area contributed by atoms with Gasteiger partial charge >= 0.3 is 0 Å². The number of benzene rings is 2. The van der Waals surface area contributed by atoms with Crippen molar-refractivity contribution < 1.29 is 25.5 Å². The summed E-state index contributed by atoms with van der Waals surface area (Å²) >= 11 is 0. The molecule has 102 valence electrons. The van der Waals surface area contributed by atoms with Crippen molar-refractivity contribution in [1.82, 2.24) is 4.98 Å². The summed E-state index contributed by atoms with van der Waals surface area (Å²) in [4.78, 5) is 4.45. The molecule has 2 aromatic carbocycles. The third-order valence-corrected chi connectivity index (χ3v) is 3.90. The first-order valence-electron chi connectivity index (χ1n) is 6.28. The van der Waals surface area contributed by atoms with E-state index in [1.165, 1.54) is 0 Å². The van der Waals surface area contributed by atoms with E-state index in [1.807, 2.05) is 42.5 Å². The van der Waals surface area contributed by atoms with Crippen molar-refractivity contribution in [1.29, 1.82) is 0 Å². The first-order valence-corrected chi connectivity index (χ1v) is 6.28. The van der Waals surface area contributed by atoms with Gasteiger partial charge in [0.05, 0.1) is 0 Å². The molecule has 0 aliphatic heterocycles. The third kappa shape index (κ3) is 1.61. The van der Waals surface area contributed by atoms with Crippen LogP contribution in [0.5, 0.6) is 0 Å². The van der Waals surface area contributed by atoms with Gasteiger partial charge in [0.1, 0.15) is 5.67 Å². The first-order chi connectivity index (χ1) is 9.19. The van der Waals surface area contributed by atoms with E-state index in [4.69, 9.17) is 0 Å². The SMILES string of the molecule is CC1(F)c2ccc[c-]c2-c2nccc3cccc1c23.[Pt]. The largest absolute Gasteiger partial charge is 0.304 e. The van der Waals surface area contributed by atoms with Gasteiger partial charge in [0.2, 0.25) is 0 Å². The average molecular weight is 443 g/mol. The van der Waals surface area contributed by atoms with Crippen LogP contribution in [0.25, 0.3) is 22.0 Å². The monoisotopic (exact) mass is 443 g/mol. The predicted molar refractivity (Wildman–Crippen MR) is 73.6 cm³/mol. The molecule has 0 N–H and O–H groups in total. The van der Waals surface area contributed by atoms with E-state index in [0.717, 1.165) is 22.0 Å². The molecule has 4 rings (SSSR count). The van der Waals surface area contributed by atoms with E-state index in [0.29, 0.717) is 11.1 Å². The van der Waals surface area contributed by atoms with Gasteiger partial charge in [-0.2, -0.15) is 0 Å². The van der Waals surface area contributed by atoms with Crippen molar-refractivity contribution in [2.24, 2.45) is 0 Å². The number of rotatable bonds is 0. The van der Waals surface area contributed by atoms with Crippen LogP contribution in [0.15, 0.2) is 48.7 Å². The Labute approximate surface area is 131 Å². The van der Waals surface area contributed by atoms with E-state index in [2.05, 4.69) is 11.1 Å². The Balaban J connectivity index is 0.00000121. The zero-order valence-electron chi connectivity index (χ0n) is 10.8. The van der Waals surface area contributed by atoms with Crippen LogP contribution in [0.2, 0.25) is 0 Å². The Bertz CT molecular complexity index is 806. The molecule has 1 unspecified atom stereocenters.